The number of rotatable bonds is 8. The van der Waals surface area contributed by atoms with Gasteiger partial charge in [-0.05, 0) is 43.5 Å². The summed E-state index contributed by atoms with van der Waals surface area (Å²) in [4.78, 5) is 80.9. The molecule has 278 valence electrons. The third kappa shape index (κ3) is 6.42. The van der Waals surface area contributed by atoms with Crippen molar-refractivity contribution in [2.45, 2.75) is 97.4 Å². The molecule has 0 aromatic heterocycles. The van der Waals surface area contributed by atoms with Gasteiger partial charge >= 0.3 is 29.8 Å². The van der Waals surface area contributed by atoms with Crippen LogP contribution in [0.2, 0.25) is 0 Å². The van der Waals surface area contributed by atoms with Crippen molar-refractivity contribution in [2.75, 3.05) is 0 Å². The zero-order chi connectivity index (χ0) is 38.4. The molecule has 0 saturated heterocycles. The van der Waals surface area contributed by atoms with Crippen molar-refractivity contribution >= 4 is 35.6 Å². The van der Waals surface area contributed by atoms with E-state index in [4.69, 9.17) is 23.7 Å². The lowest BCUT2D eigenvalue weighted by Gasteiger charge is -2.69. The Morgan fingerprint density at radius 1 is 0.731 bits per heavy atom. The molecule has 0 radical (unpaired) electrons. The van der Waals surface area contributed by atoms with Crippen molar-refractivity contribution in [3.05, 3.63) is 84.4 Å². The van der Waals surface area contributed by atoms with Crippen molar-refractivity contribution < 1.29 is 57.6 Å². The summed E-state index contributed by atoms with van der Waals surface area (Å²) in [5.74, 6) is -6.85. The van der Waals surface area contributed by atoms with Crippen molar-refractivity contribution in [1.82, 2.24) is 0 Å². The van der Waals surface area contributed by atoms with Gasteiger partial charge in [-0.1, -0.05) is 63.2 Å². The fraction of sp³-hybridized carbons (Fsp3) is 0.500. The lowest BCUT2D eigenvalue weighted by molar-refractivity contribution is -0.314. The molecule has 12 nitrogen and oxygen atoms in total. The predicted octanol–water partition coefficient (Wildman–Crippen LogP) is 4.81. The van der Waals surface area contributed by atoms with E-state index in [0.717, 1.165) is 13.8 Å². The minimum atomic E-state index is -2.55. The summed E-state index contributed by atoms with van der Waals surface area (Å²) in [5, 5.41) is 13.1. The zero-order valence-electron chi connectivity index (χ0n) is 30.5. The summed E-state index contributed by atoms with van der Waals surface area (Å²) in [6.45, 7) is 14.1. The molecular formula is C40H46O12. The molecule has 3 fully saturated rings. The van der Waals surface area contributed by atoms with Crippen LogP contribution in [0.3, 0.4) is 0 Å². The number of ketones is 1. The first-order valence-electron chi connectivity index (χ1n) is 17.3. The second-order valence-corrected chi connectivity index (χ2v) is 15.1. The van der Waals surface area contributed by atoms with Crippen LogP contribution in [0, 0.1) is 28.1 Å². The Morgan fingerprint density at radius 3 is 1.71 bits per heavy atom. The van der Waals surface area contributed by atoms with Crippen LogP contribution in [0.15, 0.2) is 73.3 Å². The number of carbonyl (C=O) groups is 6. The summed E-state index contributed by atoms with van der Waals surface area (Å²) in [6, 6.07) is 16.2. The number of allylic oxidation sites excluding steroid dienone is 1. The van der Waals surface area contributed by atoms with Crippen molar-refractivity contribution in [3.63, 3.8) is 0 Å². The molecule has 1 N–H and O–H groups in total. The van der Waals surface area contributed by atoms with E-state index in [-0.39, 0.29) is 24.0 Å². The molecule has 3 saturated carbocycles. The first-order valence-corrected chi connectivity index (χ1v) is 17.3. The smallest absolute Gasteiger partial charge is 0.338 e. The monoisotopic (exact) mass is 718 g/mol. The van der Waals surface area contributed by atoms with Gasteiger partial charge in [0.05, 0.1) is 16.5 Å². The van der Waals surface area contributed by atoms with Gasteiger partial charge < -0.3 is 28.8 Å². The molecule has 3 aliphatic rings. The van der Waals surface area contributed by atoms with Crippen LogP contribution in [0.25, 0.3) is 0 Å². The maximum Gasteiger partial charge on any atom is 0.338 e. The quantitative estimate of drug-likeness (QED) is 0.225. The number of Topliss-reactive ketones (excluding diaryl/α,β-unsaturated/α-hetero) is 1. The van der Waals surface area contributed by atoms with E-state index < -0.39 is 99.8 Å². The molecule has 12 heteroatoms. The average Bonchev–Trinajstić information content (AvgIpc) is 3.08. The number of carbonyl (C=O) groups excluding carboxylic acids is 6. The highest BCUT2D eigenvalue weighted by atomic mass is 16.6. The van der Waals surface area contributed by atoms with Gasteiger partial charge in [-0.25, -0.2) is 9.59 Å². The highest BCUT2D eigenvalue weighted by molar-refractivity contribution is 5.97. The number of aliphatic hydroxyl groups is 1. The van der Waals surface area contributed by atoms with E-state index in [2.05, 4.69) is 6.58 Å². The van der Waals surface area contributed by atoms with Crippen LogP contribution < -0.4 is 0 Å². The van der Waals surface area contributed by atoms with E-state index in [1.54, 1.807) is 76.2 Å². The van der Waals surface area contributed by atoms with Gasteiger partial charge in [0, 0.05) is 43.9 Å². The topological polar surface area (TPSA) is 169 Å². The lowest BCUT2D eigenvalue weighted by Crippen LogP contribution is -2.81. The minimum Gasteiger partial charge on any atom is -0.459 e. The molecule has 0 aliphatic heterocycles. The summed E-state index contributed by atoms with van der Waals surface area (Å²) in [7, 11) is 0. The molecule has 5 rings (SSSR count). The van der Waals surface area contributed by atoms with E-state index in [0.29, 0.717) is 0 Å². The highest BCUT2D eigenvalue weighted by Gasteiger charge is 2.79. The van der Waals surface area contributed by atoms with Gasteiger partial charge in [0.15, 0.2) is 17.5 Å². The molecule has 2 aromatic carbocycles. The molecule has 10 atom stereocenters. The van der Waals surface area contributed by atoms with Crippen LogP contribution in [0.1, 0.15) is 82.0 Å². The highest BCUT2D eigenvalue weighted by Crippen LogP contribution is 2.68. The number of benzene rings is 2. The maximum atomic E-state index is 14.8. The summed E-state index contributed by atoms with van der Waals surface area (Å²) in [5.41, 5.74) is -6.47. The fourth-order valence-corrected chi connectivity index (χ4v) is 9.28. The lowest BCUT2D eigenvalue weighted by atomic mass is 9.38. The molecule has 1 unspecified atom stereocenters. The van der Waals surface area contributed by atoms with E-state index >= 15 is 0 Å². The second-order valence-electron chi connectivity index (χ2n) is 15.1. The molecule has 0 heterocycles. The Hall–Kier alpha value is -4.84. The summed E-state index contributed by atoms with van der Waals surface area (Å²) in [6.07, 6.45) is -5.96. The molecule has 52 heavy (non-hydrogen) atoms. The minimum absolute atomic E-state index is 0.146. The van der Waals surface area contributed by atoms with Gasteiger partial charge in [0.1, 0.15) is 24.4 Å². The third-order valence-electron chi connectivity index (χ3n) is 11.4. The van der Waals surface area contributed by atoms with Gasteiger partial charge in [-0.15, -0.1) is 6.58 Å². The van der Waals surface area contributed by atoms with Crippen molar-refractivity contribution in [3.8, 4) is 0 Å². The van der Waals surface area contributed by atoms with Crippen molar-refractivity contribution in [1.29, 1.82) is 0 Å². The standard InChI is InChI=1S/C40H46O12/c1-9-38(7)21-27(51-34(44)25-16-12-10-13-17-25)31-39(8)28(20-29(48-22(2)41)40(31,47)36(38)46)37(5,6)32(50-24(4)43)30(49-23(3)42)33(39)52-35(45)26-18-14-11-15-19-26/h9-19,27-33,47H,1,20-21H2,2-8H3/t27-,28+,29-,30+,31?,32-,33+,38+,39+,40+/m1/s1. The van der Waals surface area contributed by atoms with Crippen LogP contribution in [0.5, 0.6) is 0 Å². The average molecular weight is 719 g/mol. The molecule has 2 aromatic rings. The Bertz CT molecular complexity index is 1750. The van der Waals surface area contributed by atoms with Gasteiger partial charge in [-0.2, -0.15) is 0 Å². The summed E-state index contributed by atoms with van der Waals surface area (Å²) >= 11 is 0. The Kier molecular flexibility index (Phi) is 10.3. The zero-order valence-corrected chi connectivity index (χ0v) is 30.5. The van der Waals surface area contributed by atoms with Crippen LogP contribution in [-0.4, -0.2) is 76.9 Å². The number of hydrogen-bond acceptors (Lipinski definition) is 12. The summed E-state index contributed by atoms with van der Waals surface area (Å²) < 4.78 is 30.2. The predicted molar refractivity (Wildman–Crippen MR) is 184 cm³/mol. The molecule has 0 spiro atoms. The Labute approximate surface area is 302 Å². The van der Waals surface area contributed by atoms with E-state index in [1.165, 1.54) is 25.1 Å². The molecule has 0 amide bonds. The normalized spacial score (nSPS) is 34.7. The second kappa shape index (κ2) is 13.9. The first kappa shape index (κ1) is 38.4. The molecule has 0 bridgehead atoms. The number of ether oxygens (including phenoxy) is 5. The van der Waals surface area contributed by atoms with Crippen LogP contribution >= 0.6 is 0 Å². The number of hydrogen-bond donors (Lipinski definition) is 1. The number of fused-ring (bicyclic) bond motifs is 3. The van der Waals surface area contributed by atoms with Gasteiger partial charge in [-0.3, -0.25) is 19.2 Å². The SMILES string of the molecule is C=C[C@@]1(C)C[C@@H](OC(=O)c2ccccc2)C2[C@@]3(C)[C@@H](OC(=O)c4ccccc4)[C@@H](OC(C)=O)[C@@H](OC(C)=O)C(C)(C)[C@@H]3C[C@@H](OC(C)=O)[C@@]2(O)C1=O. The number of esters is 5. The molecular weight excluding hydrogens is 672 g/mol. The third-order valence-corrected chi connectivity index (χ3v) is 11.4. The van der Waals surface area contributed by atoms with E-state index in [1.807, 2.05) is 0 Å². The van der Waals surface area contributed by atoms with E-state index in [9.17, 15) is 33.9 Å². The first-order chi connectivity index (χ1) is 24.3. The molecule has 3 aliphatic carbocycles. The van der Waals surface area contributed by atoms with Gasteiger partial charge in [0.25, 0.3) is 0 Å². The van der Waals surface area contributed by atoms with Crippen LogP contribution in [0.4, 0.5) is 0 Å². The Morgan fingerprint density at radius 2 is 1.23 bits per heavy atom. The van der Waals surface area contributed by atoms with Gasteiger partial charge in [0.2, 0.25) is 0 Å². The largest absolute Gasteiger partial charge is 0.459 e. The Balaban J connectivity index is 1.82. The maximum absolute atomic E-state index is 14.8. The van der Waals surface area contributed by atoms with Crippen molar-refractivity contribution in [2.24, 2.45) is 28.1 Å². The fourth-order valence-electron chi connectivity index (χ4n) is 9.28. The van der Waals surface area contributed by atoms with Crippen LogP contribution in [-0.2, 0) is 42.9 Å².